The lowest BCUT2D eigenvalue weighted by Gasteiger charge is -2.32. The predicted molar refractivity (Wildman–Crippen MR) is 103 cm³/mol. The number of carbonyl (C=O) groups excluding carboxylic acids is 1. The standard InChI is InChI=1S/C20H30N4O2/c1-16-6-5-9-24(15-16)20(21)22-14-18(17-7-3-2-4-8-17)19(25)23-10-12-26-13-11-23/h2-4,7-8,16,18H,5-6,9-15H2,1H3,(H2,21,22). The summed E-state index contributed by atoms with van der Waals surface area (Å²) in [7, 11) is 0. The molecule has 3 rings (SSSR count). The monoisotopic (exact) mass is 358 g/mol. The van der Waals surface area contributed by atoms with Gasteiger partial charge in [0.05, 0.1) is 25.7 Å². The number of likely N-dealkylation sites (tertiary alicyclic amines) is 1. The molecule has 2 saturated heterocycles. The van der Waals surface area contributed by atoms with Crippen LogP contribution in [0.25, 0.3) is 0 Å². The highest BCUT2D eigenvalue weighted by Gasteiger charge is 2.27. The van der Waals surface area contributed by atoms with E-state index in [4.69, 9.17) is 10.5 Å². The predicted octanol–water partition coefficient (Wildman–Crippen LogP) is 1.68. The van der Waals surface area contributed by atoms with Crippen LogP contribution in [-0.4, -0.2) is 67.6 Å². The maximum absolute atomic E-state index is 13.1. The van der Waals surface area contributed by atoms with Crippen molar-refractivity contribution in [1.29, 1.82) is 0 Å². The van der Waals surface area contributed by atoms with Gasteiger partial charge in [-0.1, -0.05) is 37.3 Å². The molecule has 2 atom stereocenters. The van der Waals surface area contributed by atoms with Crippen molar-refractivity contribution in [3.8, 4) is 0 Å². The second kappa shape index (κ2) is 9.03. The maximum Gasteiger partial charge on any atom is 0.232 e. The molecule has 2 heterocycles. The second-order valence-electron chi connectivity index (χ2n) is 7.29. The largest absolute Gasteiger partial charge is 0.378 e. The molecule has 1 aromatic carbocycles. The van der Waals surface area contributed by atoms with Crippen molar-refractivity contribution in [1.82, 2.24) is 9.80 Å². The van der Waals surface area contributed by atoms with Gasteiger partial charge >= 0.3 is 0 Å². The highest BCUT2D eigenvalue weighted by atomic mass is 16.5. The van der Waals surface area contributed by atoms with Gasteiger partial charge in [0, 0.05) is 26.2 Å². The second-order valence-corrected chi connectivity index (χ2v) is 7.29. The molecule has 0 radical (unpaired) electrons. The average molecular weight is 358 g/mol. The summed E-state index contributed by atoms with van der Waals surface area (Å²) in [5.74, 6) is 1.02. The molecule has 2 aliphatic rings. The first-order chi connectivity index (χ1) is 12.6. The van der Waals surface area contributed by atoms with Gasteiger partial charge in [-0.05, 0) is 24.3 Å². The molecule has 6 heteroatoms. The number of guanidine groups is 1. The van der Waals surface area contributed by atoms with Crippen molar-refractivity contribution < 1.29 is 9.53 Å². The van der Waals surface area contributed by atoms with Gasteiger partial charge in [0.15, 0.2) is 5.96 Å². The van der Waals surface area contributed by atoms with E-state index in [0.29, 0.717) is 44.7 Å². The molecule has 2 N–H and O–H groups in total. The van der Waals surface area contributed by atoms with Crippen molar-refractivity contribution in [3.05, 3.63) is 35.9 Å². The van der Waals surface area contributed by atoms with E-state index in [-0.39, 0.29) is 11.8 Å². The Labute approximate surface area is 156 Å². The van der Waals surface area contributed by atoms with Gasteiger partial charge in [-0.2, -0.15) is 0 Å². The first kappa shape index (κ1) is 18.7. The van der Waals surface area contributed by atoms with Crippen molar-refractivity contribution in [2.45, 2.75) is 25.7 Å². The topological polar surface area (TPSA) is 71.2 Å². The summed E-state index contributed by atoms with van der Waals surface area (Å²) in [6.07, 6.45) is 2.39. The first-order valence-electron chi connectivity index (χ1n) is 9.61. The minimum absolute atomic E-state index is 0.114. The maximum atomic E-state index is 13.1. The Balaban J connectivity index is 1.73. The van der Waals surface area contributed by atoms with Crippen LogP contribution in [0.2, 0.25) is 0 Å². The van der Waals surface area contributed by atoms with E-state index in [2.05, 4.69) is 16.8 Å². The van der Waals surface area contributed by atoms with Crippen LogP contribution in [0.15, 0.2) is 35.3 Å². The SMILES string of the molecule is CC1CCCN(C(N)=NCC(C(=O)N2CCOCC2)c2ccccc2)C1. The number of hydrogen-bond donors (Lipinski definition) is 1. The fraction of sp³-hybridized carbons (Fsp3) is 0.600. The number of carbonyl (C=O) groups is 1. The number of nitrogens with zero attached hydrogens (tertiary/aromatic N) is 3. The van der Waals surface area contributed by atoms with E-state index in [1.807, 2.05) is 35.2 Å². The van der Waals surface area contributed by atoms with E-state index < -0.39 is 0 Å². The van der Waals surface area contributed by atoms with Crippen molar-refractivity contribution in [3.63, 3.8) is 0 Å². The third kappa shape index (κ3) is 4.75. The van der Waals surface area contributed by atoms with Gasteiger partial charge in [-0.15, -0.1) is 0 Å². The van der Waals surface area contributed by atoms with Gasteiger partial charge in [0.25, 0.3) is 0 Å². The molecule has 0 bridgehead atoms. The van der Waals surface area contributed by atoms with E-state index in [1.54, 1.807) is 0 Å². The van der Waals surface area contributed by atoms with Gasteiger partial charge in [0.2, 0.25) is 5.91 Å². The minimum atomic E-state index is -0.296. The van der Waals surface area contributed by atoms with Crippen LogP contribution >= 0.6 is 0 Å². The Kier molecular flexibility index (Phi) is 6.50. The number of rotatable bonds is 4. The summed E-state index contributed by atoms with van der Waals surface area (Å²) < 4.78 is 5.37. The number of aliphatic imine (C=N–C) groups is 1. The lowest BCUT2D eigenvalue weighted by atomic mass is 9.97. The fourth-order valence-corrected chi connectivity index (χ4v) is 3.70. The molecule has 0 spiro atoms. The van der Waals surface area contributed by atoms with Gasteiger partial charge < -0.3 is 20.3 Å². The Morgan fingerprint density at radius 1 is 1.23 bits per heavy atom. The normalized spacial score (nSPS) is 23.0. The van der Waals surface area contributed by atoms with Crippen LogP contribution in [0.4, 0.5) is 0 Å². The summed E-state index contributed by atoms with van der Waals surface area (Å²) in [4.78, 5) is 21.7. The van der Waals surface area contributed by atoms with E-state index in [1.165, 1.54) is 6.42 Å². The van der Waals surface area contributed by atoms with Crippen molar-refractivity contribution >= 4 is 11.9 Å². The fourth-order valence-electron chi connectivity index (χ4n) is 3.70. The quantitative estimate of drug-likeness (QED) is 0.657. The number of benzene rings is 1. The van der Waals surface area contributed by atoms with Crippen molar-refractivity contribution in [2.75, 3.05) is 45.9 Å². The zero-order valence-corrected chi connectivity index (χ0v) is 15.6. The summed E-state index contributed by atoms with van der Waals surface area (Å²) in [6.45, 7) is 7.02. The van der Waals surface area contributed by atoms with E-state index in [9.17, 15) is 4.79 Å². The summed E-state index contributed by atoms with van der Waals surface area (Å²) in [5, 5.41) is 0. The lowest BCUT2D eigenvalue weighted by Crippen LogP contribution is -2.45. The molecular formula is C20H30N4O2. The van der Waals surface area contributed by atoms with E-state index >= 15 is 0 Å². The zero-order valence-electron chi connectivity index (χ0n) is 15.6. The highest BCUT2D eigenvalue weighted by Crippen LogP contribution is 2.21. The number of amides is 1. The van der Waals surface area contributed by atoms with Gasteiger partial charge in [-0.3, -0.25) is 9.79 Å². The smallest absolute Gasteiger partial charge is 0.232 e. The minimum Gasteiger partial charge on any atom is -0.378 e. The van der Waals surface area contributed by atoms with Crippen LogP contribution in [0.3, 0.4) is 0 Å². The molecule has 0 aromatic heterocycles. The number of morpholine rings is 1. The molecule has 142 valence electrons. The third-order valence-corrected chi connectivity index (χ3v) is 5.24. The summed E-state index contributed by atoms with van der Waals surface area (Å²) in [6, 6.07) is 9.89. The van der Waals surface area contributed by atoms with Crippen LogP contribution in [0.5, 0.6) is 0 Å². The van der Waals surface area contributed by atoms with Crippen molar-refractivity contribution in [2.24, 2.45) is 16.6 Å². The molecule has 2 fully saturated rings. The molecule has 26 heavy (non-hydrogen) atoms. The molecule has 1 aromatic rings. The van der Waals surface area contributed by atoms with Crippen LogP contribution in [0.1, 0.15) is 31.2 Å². The van der Waals surface area contributed by atoms with Crippen LogP contribution in [-0.2, 0) is 9.53 Å². The molecule has 1 amide bonds. The zero-order chi connectivity index (χ0) is 18.4. The molecule has 0 saturated carbocycles. The summed E-state index contributed by atoms with van der Waals surface area (Å²) >= 11 is 0. The number of hydrogen-bond acceptors (Lipinski definition) is 3. The van der Waals surface area contributed by atoms with Crippen LogP contribution in [0, 0.1) is 5.92 Å². The third-order valence-electron chi connectivity index (χ3n) is 5.24. The first-order valence-corrected chi connectivity index (χ1v) is 9.61. The molecular weight excluding hydrogens is 328 g/mol. The number of piperidine rings is 1. The number of ether oxygens (including phenoxy) is 1. The molecule has 0 aliphatic carbocycles. The van der Waals surface area contributed by atoms with Gasteiger partial charge in [-0.25, -0.2) is 0 Å². The average Bonchev–Trinajstić information content (AvgIpc) is 2.69. The Bertz CT molecular complexity index is 613. The Morgan fingerprint density at radius 2 is 1.96 bits per heavy atom. The lowest BCUT2D eigenvalue weighted by molar-refractivity contribution is -0.136. The molecule has 2 unspecified atom stereocenters. The highest BCUT2D eigenvalue weighted by molar-refractivity contribution is 5.85. The Hall–Kier alpha value is -2.08. The van der Waals surface area contributed by atoms with Gasteiger partial charge in [0.1, 0.15) is 0 Å². The summed E-state index contributed by atoms with van der Waals surface area (Å²) in [5.41, 5.74) is 7.24. The molecule has 2 aliphatic heterocycles. The Morgan fingerprint density at radius 3 is 2.65 bits per heavy atom. The molecule has 6 nitrogen and oxygen atoms in total. The van der Waals surface area contributed by atoms with E-state index in [0.717, 1.165) is 25.1 Å². The van der Waals surface area contributed by atoms with Crippen LogP contribution < -0.4 is 5.73 Å². The number of nitrogens with two attached hydrogens (primary N) is 1.